The zero-order valence-corrected chi connectivity index (χ0v) is 10.1. The lowest BCUT2D eigenvalue weighted by Gasteiger charge is -2.38. The van der Waals surface area contributed by atoms with Crippen LogP contribution in [0.15, 0.2) is 9.59 Å². The largest absolute Gasteiger partial charge is 0.380 e. The van der Waals surface area contributed by atoms with Crippen LogP contribution in [-0.4, -0.2) is 23.0 Å². The minimum atomic E-state index is -0.560. The molecule has 7 heteroatoms. The third-order valence-electron chi connectivity index (χ3n) is 2.50. The molecule has 0 atom stereocenters. The summed E-state index contributed by atoms with van der Waals surface area (Å²) in [6.45, 7) is 3.44. The van der Waals surface area contributed by atoms with Crippen molar-refractivity contribution in [1.82, 2.24) is 9.78 Å². The summed E-state index contributed by atoms with van der Waals surface area (Å²) in [7, 11) is 0. The highest BCUT2D eigenvalue weighted by Gasteiger charge is 2.34. The van der Waals surface area contributed by atoms with Gasteiger partial charge in [-0.25, -0.2) is 4.68 Å². The van der Waals surface area contributed by atoms with Gasteiger partial charge in [-0.3, -0.25) is 14.7 Å². The van der Waals surface area contributed by atoms with Crippen molar-refractivity contribution in [2.45, 2.75) is 13.5 Å². The molecule has 0 unspecified atom stereocenters. The van der Waals surface area contributed by atoms with Crippen molar-refractivity contribution in [3.05, 3.63) is 30.8 Å². The van der Waals surface area contributed by atoms with Gasteiger partial charge in [0.15, 0.2) is 0 Å². The van der Waals surface area contributed by atoms with E-state index < -0.39 is 11.1 Å². The highest BCUT2D eigenvalue weighted by Crippen LogP contribution is 2.27. The number of ether oxygens (including phenoxy) is 1. The van der Waals surface area contributed by atoms with Crippen LogP contribution in [0.3, 0.4) is 0 Å². The molecule has 0 spiro atoms. The van der Waals surface area contributed by atoms with E-state index in [2.05, 4.69) is 5.10 Å². The van der Waals surface area contributed by atoms with E-state index in [0.717, 1.165) is 0 Å². The van der Waals surface area contributed by atoms with Crippen LogP contribution in [0.2, 0.25) is 10.0 Å². The molecule has 1 N–H and O–H groups in total. The highest BCUT2D eigenvalue weighted by atomic mass is 35.5. The summed E-state index contributed by atoms with van der Waals surface area (Å²) < 4.78 is 6.25. The van der Waals surface area contributed by atoms with Crippen molar-refractivity contribution in [3.8, 4) is 0 Å². The van der Waals surface area contributed by atoms with Gasteiger partial charge in [0.25, 0.3) is 11.1 Å². The number of nitrogens with one attached hydrogen (secondary N) is 1. The van der Waals surface area contributed by atoms with E-state index >= 15 is 0 Å². The fourth-order valence-corrected chi connectivity index (χ4v) is 1.88. The minimum absolute atomic E-state index is 0.135. The van der Waals surface area contributed by atoms with Crippen LogP contribution in [0.5, 0.6) is 0 Å². The normalized spacial score (nSPS) is 18.2. The summed E-state index contributed by atoms with van der Waals surface area (Å²) in [5.41, 5.74) is -1.18. The second-order valence-corrected chi connectivity index (χ2v) is 5.02. The Balaban J connectivity index is 2.42. The minimum Gasteiger partial charge on any atom is -0.380 e. The van der Waals surface area contributed by atoms with Gasteiger partial charge in [0, 0.05) is 5.41 Å². The topological polar surface area (TPSA) is 64.1 Å². The van der Waals surface area contributed by atoms with Gasteiger partial charge in [-0.15, -0.1) is 0 Å². The van der Waals surface area contributed by atoms with Crippen LogP contribution in [-0.2, 0) is 11.3 Å². The zero-order chi connectivity index (χ0) is 11.9. The Morgan fingerprint density at radius 3 is 2.50 bits per heavy atom. The van der Waals surface area contributed by atoms with Crippen LogP contribution in [0.1, 0.15) is 6.92 Å². The van der Waals surface area contributed by atoms with Crippen LogP contribution < -0.4 is 11.1 Å². The Morgan fingerprint density at radius 1 is 1.38 bits per heavy atom. The van der Waals surface area contributed by atoms with Gasteiger partial charge < -0.3 is 4.74 Å². The lowest BCUT2D eigenvalue weighted by Crippen LogP contribution is -2.46. The first-order valence-corrected chi connectivity index (χ1v) is 5.44. The molecule has 2 heterocycles. The Bertz CT molecular complexity index is 531. The van der Waals surface area contributed by atoms with Gasteiger partial charge in [-0.05, 0) is 0 Å². The number of H-pyrrole nitrogens is 1. The van der Waals surface area contributed by atoms with E-state index in [0.29, 0.717) is 19.8 Å². The highest BCUT2D eigenvalue weighted by molar-refractivity contribution is 6.41. The standard InChI is InChI=1S/C9H10Cl2N2O3/c1-9(3-16-4-9)2-13-8(15)6(11)5(10)7(14)12-13/h2-4H2,1H3,(H,12,14). The summed E-state index contributed by atoms with van der Waals surface area (Å²) >= 11 is 11.2. The summed E-state index contributed by atoms with van der Waals surface area (Å²) in [6.07, 6.45) is 0. The Kier molecular flexibility index (Phi) is 2.86. The van der Waals surface area contributed by atoms with Gasteiger partial charge in [0.2, 0.25) is 0 Å². The number of aromatic amines is 1. The van der Waals surface area contributed by atoms with Crippen LogP contribution in [0.25, 0.3) is 0 Å². The SMILES string of the molecule is CC1(Cn2[nH]c(=O)c(Cl)c(Cl)c2=O)COC1. The number of rotatable bonds is 2. The molecule has 0 radical (unpaired) electrons. The average molecular weight is 265 g/mol. The maximum Gasteiger partial charge on any atom is 0.285 e. The molecule has 2 rings (SSSR count). The molecule has 1 fully saturated rings. The average Bonchev–Trinajstić information content (AvgIpc) is 2.20. The molecule has 0 aromatic carbocycles. The van der Waals surface area contributed by atoms with Gasteiger partial charge in [-0.2, -0.15) is 0 Å². The zero-order valence-electron chi connectivity index (χ0n) is 8.55. The van der Waals surface area contributed by atoms with Crippen LogP contribution >= 0.6 is 23.2 Å². The molecule has 0 amide bonds. The van der Waals surface area contributed by atoms with Crippen molar-refractivity contribution in [2.24, 2.45) is 5.41 Å². The molecule has 0 bridgehead atoms. The molecule has 5 nitrogen and oxygen atoms in total. The quantitative estimate of drug-likeness (QED) is 0.863. The second-order valence-electron chi connectivity index (χ2n) is 4.26. The summed E-state index contributed by atoms with van der Waals surface area (Å²) in [6, 6.07) is 0. The Morgan fingerprint density at radius 2 is 2.00 bits per heavy atom. The smallest absolute Gasteiger partial charge is 0.285 e. The monoisotopic (exact) mass is 264 g/mol. The number of aromatic nitrogens is 2. The Labute approximate surface area is 101 Å². The molecule has 16 heavy (non-hydrogen) atoms. The third kappa shape index (κ3) is 1.90. The lowest BCUT2D eigenvalue weighted by atomic mass is 9.89. The number of halogens is 2. The third-order valence-corrected chi connectivity index (χ3v) is 3.31. The molecule has 0 saturated carbocycles. The van der Waals surface area contributed by atoms with Gasteiger partial charge in [0.05, 0.1) is 19.8 Å². The number of hydrogen-bond donors (Lipinski definition) is 1. The number of hydrogen-bond acceptors (Lipinski definition) is 3. The van der Waals surface area contributed by atoms with E-state index in [1.54, 1.807) is 0 Å². The van der Waals surface area contributed by atoms with Gasteiger partial charge in [0.1, 0.15) is 10.0 Å². The van der Waals surface area contributed by atoms with Gasteiger partial charge in [-0.1, -0.05) is 30.1 Å². The van der Waals surface area contributed by atoms with Crippen LogP contribution in [0, 0.1) is 5.41 Å². The molecule has 1 aliphatic heterocycles. The van der Waals surface area contributed by atoms with E-state index in [1.165, 1.54) is 4.68 Å². The molecule has 1 aromatic rings. The Hall–Kier alpha value is -0.780. The first-order valence-electron chi connectivity index (χ1n) is 4.69. The number of nitrogens with zero attached hydrogens (tertiary/aromatic N) is 1. The van der Waals surface area contributed by atoms with Gasteiger partial charge >= 0.3 is 0 Å². The van der Waals surface area contributed by atoms with E-state index in [-0.39, 0.29) is 15.5 Å². The van der Waals surface area contributed by atoms with Crippen molar-refractivity contribution >= 4 is 23.2 Å². The van der Waals surface area contributed by atoms with Crippen LogP contribution in [0.4, 0.5) is 0 Å². The van der Waals surface area contributed by atoms with Crippen molar-refractivity contribution in [3.63, 3.8) is 0 Å². The molecule has 1 aliphatic rings. The predicted octanol–water partition coefficient (Wildman–Crippen LogP) is 0.880. The summed E-state index contributed by atoms with van der Waals surface area (Å²) in [5, 5.41) is 1.88. The molecule has 0 aliphatic carbocycles. The predicted molar refractivity (Wildman–Crippen MR) is 60.3 cm³/mol. The maximum atomic E-state index is 11.7. The van der Waals surface area contributed by atoms with Crippen molar-refractivity contribution in [2.75, 3.05) is 13.2 Å². The van der Waals surface area contributed by atoms with Crippen molar-refractivity contribution < 1.29 is 4.74 Å². The first-order chi connectivity index (χ1) is 7.43. The summed E-state index contributed by atoms with van der Waals surface area (Å²) in [5.74, 6) is 0. The maximum absolute atomic E-state index is 11.7. The molecular weight excluding hydrogens is 255 g/mol. The molecule has 1 saturated heterocycles. The fraction of sp³-hybridized carbons (Fsp3) is 0.556. The van der Waals surface area contributed by atoms with E-state index in [9.17, 15) is 9.59 Å². The molecule has 1 aromatic heterocycles. The van der Waals surface area contributed by atoms with E-state index in [4.69, 9.17) is 27.9 Å². The summed E-state index contributed by atoms with van der Waals surface area (Å²) in [4.78, 5) is 23.0. The molecule has 88 valence electrons. The first kappa shape index (κ1) is 11.7. The van der Waals surface area contributed by atoms with E-state index in [1.807, 2.05) is 6.92 Å². The fourth-order valence-electron chi connectivity index (χ4n) is 1.57. The molecular formula is C9H10Cl2N2O3. The second kappa shape index (κ2) is 3.91. The lowest BCUT2D eigenvalue weighted by molar-refractivity contribution is -0.112. The van der Waals surface area contributed by atoms with Crippen molar-refractivity contribution in [1.29, 1.82) is 0 Å².